The molecule has 8 heteroatoms. The first-order valence-electron chi connectivity index (χ1n) is 10.1. The van der Waals surface area contributed by atoms with Crippen molar-refractivity contribution in [3.05, 3.63) is 75.2 Å². The fourth-order valence-electron chi connectivity index (χ4n) is 3.76. The molecule has 1 aliphatic heterocycles. The van der Waals surface area contributed by atoms with Crippen molar-refractivity contribution >= 4 is 27.7 Å². The van der Waals surface area contributed by atoms with E-state index in [1.54, 1.807) is 19.1 Å². The predicted octanol–water partition coefficient (Wildman–Crippen LogP) is 4.48. The summed E-state index contributed by atoms with van der Waals surface area (Å²) in [5.74, 6) is 0.636. The van der Waals surface area contributed by atoms with Crippen LogP contribution >= 0.6 is 15.9 Å². The predicted molar refractivity (Wildman–Crippen MR) is 115 cm³/mol. The van der Waals surface area contributed by atoms with Crippen LogP contribution in [0.15, 0.2) is 68.1 Å². The van der Waals surface area contributed by atoms with E-state index in [4.69, 9.17) is 24.4 Å². The van der Waals surface area contributed by atoms with Crippen LogP contribution in [0.5, 0.6) is 5.75 Å². The number of benzene rings is 1. The summed E-state index contributed by atoms with van der Waals surface area (Å²) in [6, 6.07) is 10.9. The summed E-state index contributed by atoms with van der Waals surface area (Å²) in [5.41, 5.74) is 6.59. The lowest BCUT2D eigenvalue weighted by atomic mass is 9.79. The molecule has 162 valence electrons. The zero-order valence-corrected chi connectivity index (χ0v) is 18.6. The SMILES string of the molecule is CCOC(=O)C1=C(N)OC2=C(C(=O)CCC2)[C@H]1c1ccc(COc2ccc(Br)cc2)o1. The summed E-state index contributed by atoms with van der Waals surface area (Å²) in [7, 11) is 0. The summed E-state index contributed by atoms with van der Waals surface area (Å²) >= 11 is 3.39. The topological polar surface area (TPSA) is 101 Å². The van der Waals surface area contributed by atoms with Gasteiger partial charge in [0.1, 0.15) is 35.2 Å². The van der Waals surface area contributed by atoms with Crippen LogP contribution in [-0.2, 0) is 25.7 Å². The number of carbonyl (C=O) groups is 2. The average molecular weight is 488 g/mol. The summed E-state index contributed by atoms with van der Waals surface area (Å²) in [4.78, 5) is 25.4. The number of rotatable bonds is 6. The number of Topliss-reactive ketones (excluding diaryl/α,β-unsaturated/α-hetero) is 1. The molecule has 0 saturated heterocycles. The lowest BCUT2D eigenvalue weighted by Gasteiger charge is -2.31. The fourth-order valence-corrected chi connectivity index (χ4v) is 4.03. The molecule has 2 heterocycles. The highest BCUT2D eigenvalue weighted by molar-refractivity contribution is 9.10. The van der Waals surface area contributed by atoms with Gasteiger partial charge in [-0.25, -0.2) is 4.79 Å². The maximum atomic E-state index is 12.8. The minimum absolute atomic E-state index is 0.0547. The van der Waals surface area contributed by atoms with E-state index in [2.05, 4.69) is 15.9 Å². The average Bonchev–Trinajstić information content (AvgIpc) is 3.21. The molecule has 31 heavy (non-hydrogen) atoms. The zero-order chi connectivity index (χ0) is 22.0. The fraction of sp³-hybridized carbons (Fsp3) is 0.304. The summed E-state index contributed by atoms with van der Waals surface area (Å²) in [6.07, 6.45) is 1.64. The first-order chi connectivity index (χ1) is 15.0. The van der Waals surface area contributed by atoms with Crippen LogP contribution in [0.2, 0.25) is 0 Å². The molecule has 1 aromatic carbocycles. The third kappa shape index (κ3) is 4.39. The van der Waals surface area contributed by atoms with Crippen molar-refractivity contribution in [3.8, 4) is 5.75 Å². The molecule has 2 aliphatic rings. The quantitative estimate of drug-likeness (QED) is 0.599. The van der Waals surface area contributed by atoms with Crippen molar-refractivity contribution in [2.45, 2.75) is 38.7 Å². The number of nitrogens with two attached hydrogens (primary N) is 1. The van der Waals surface area contributed by atoms with Crippen LogP contribution in [0.25, 0.3) is 0 Å². The molecule has 0 radical (unpaired) electrons. The Balaban J connectivity index is 1.64. The molecule has 1 atom stereocenters. The smallest absolute Gasteiger partial charge is 0.340 e. The number of hydrogen-bond acceptors (Lipinski definition) is 7. The highest BCUT2D eigenvalue weighted by atomic mass is 79.9. The van der Waals surface area contributed by atoms with Crippen molar-refractivity contribution in [1.82, 2.24) is 0 Å². The molecular formula is C23H22BrNO6. The molecule has 4 rings (SSSR count). The molecule has 0 spiro atoms. The van der Waals surface area contributed by atoms with Gasteiger partial charge in [0.15, 0.2) is 5.78 Å². The Morgan fingerprint density at radius 2 is 1.97 bits per heavy atom. The van der Waals surface area contributed by atoms with Gasteiger partial charge in [0.05, 0.1) is 12.5 Å². The molecule has 1 aliphatic carbocycles. The van der Waals surface area contributed by atoms with Gasteiger partial charge in [-0.1, -0.05) is 15.9 Å². The van der Waals surface area contributed by atoms with Crippen LogP contribution in [0.3, 0.4) is 0 Å². The monoisotopic (exact) mass is 487 g/mol. The highest BCUT2D eigenvalue weighted by Gasteiger charge is 2.42. The van der Waals surface area contributed by atoms with Gasteiger partial charge in [-0.05, 0) is 49.7 Å². The standard InChI is InChI=1S/C23H22BrNO6/c1-2-28-23(27)21-20(19-16(26)4-3-5-17(19)31-22(21)25)18-11-10-15(30-18)12-29-14-8-6-13(24)7-9-14/h6-11,20H,2-5,12,25H2,1H3/t20-/m1/s1. The van der Waals surface area contributed by atoms with Crippen LogP contribution in [0.1, 0.15) is 43.6 Å². The number of furan rings is 1. The Kier molecular flexibility index (Phi) is 6.18. The largest absolute Gasteiger partial charge is 0.486 e. The minimum atomic E-state index is -0.767. The van der Waals surface area contributed by atoms with Crippen molar-refractivity contribution in [2.24, 2.45) is 5.73 Å². The zero-order valence-electron chi connectivity index (χ0n) is 17.0. The second-order valence-electron chi connectivity index (χ2n) is 7.19. The highest BCUT2D eigenvalue weighted by Crippen LogP contribution is 2.44. The molecule has 0 unspecified atom stereocenters. The van der Waals surface area contributed by atoms with E-state index in [9.17, 15) is 9.59 Å². The Morgan fingerprint density at radius 1 is 1.19 bits per heavy atom. The van der Waals surface area contributed by atoms with Gasteiger partial charge in [0.25, 0.3) is 0 Å². The summed E-state index contributed by atoms with van der Waals surface area (Å²) in [5, 5.41) is 0. The molecular weight excluding hydrogens is 466 g/mol. The molecule has 1 aromatic heterocycles. The molecule has 0 amide bonds. The number of carbonyl (C=O) groups excluding carboxylic acids is 2. The van der Waals surface area contributed by atoms with Crippen LogP contribution < -0.4 is 10.5 Å². The third-order valence-corrected chi connectivity index (χ3v) is 5.67. The summed E-state index contributed by atoms with van der Waals surface area (Å²) < 4.78 is 23.6. The van der Waals surface area contributed by atoms with E-state index in [0.717, 1.165) is 4.47 Å². The van der Waals surface area contributed by atoms with Crippen molar-refractivity contribution < 1.29 is 28.2 Å². The number of halogens is 1. The van der Waals surface area contributed by atoms with Gasteiger partial charge in [-0.3, -0.25) is 4.79 Å². The first kappa shape index (κ1) is 21.2. The summed E-state index contributed by atoms with van der Waals surface area (Å²) in [6.45, 7) is 2.07. The molecule has 2 aromatic rings. The van der Waals surface area contributed by atoms with E-state index < -0.39 is 11.9 Å². The molecule has 0 bridgehead atoms. The van der Waals surface area contributed by atoms with Crippen molar-refractivity contribution in [1.29, 1.82) is 0 Å². The van der Waals surface area contributed by atoms with E-state index in [1.807, 2.05) is 24.3 Å². The Bertz CT molecular complexity index is 1070. The number of ketones is 1. The minimum Gasteiger partial charge on any atom is -0.486 e. The van der Waals surface area contributed by atoms with Crippen molar-refractivity contribution in [2.75, 3.05) is 6.61 Å². The number of ether oxygens (including phenoxy) is 3. The van der Waals surface area contributed by atoms with E-state index in [0.29, 0.717) is 47.9 Å². The number of hydrogen-bond donors (Lipinski definition) is 1. The number of allylic oxidation sites excluding steroid dienone is 2. The first-order valence-corrected chi connectivity index (χ1v) is 10.8. The van der Waals surface area contributed by atoms with Gasteiger partial charge < -0.3 is 24.4 Å². The molecule has 0 saturated carbocycles. The van der Waals surface area contributed by atoms with Crippen molar-refractivity contribution in [3.63, 3.8) is 0 Å². The Hall–Kier alpha value is -3.00. The lowest BCUT2D eigenvalue weighted by molar-refractivity contribution is -0.139. The van der Waals surface area contributed by atoms with E-state index in [1.165, 1.54) is 0 Å². The van der Waals surface area contributed by atoms with Gasteiger partial charge in [0, 0.05) is 22.9 Å². The Morgan fingerprint density at radius 3 is 2.71 bits per heavy atom. The third-order valence-electron chi connectivity index (χ3n) is 5.14. The van der Waals surface area contributed by atoms with Gasteiger partial charge in [-0.15, -0.1) is 0 Å². The van der Waals surface area contributed by atoms with Gasteiger partial charge in [0.2, 0.25) is 5.88 Å². The Labute approximate surface area is 188 Å². The van der Waals surface area contributed by atoms with E-state index >= 15 is 0 Å². The molecule has 7 nitrogen and oxygen atoms in total. The second kappa shape index (κ2) is 9.01. The maximum absolute atomic E-state index is 12.8. The van der Waals surface area contributed by atoms with E-state index in [-0.39, 0.29) is 30.5 Å². The lowest BCUT2D eigenvalue weighted by Crippen LogP contribution is -2.31. The second-order valence-corrected chi connectivity index (χ2v) is 8.11. The van der Waals surface area contributed by atoms with Crippen LogP contribution in [0, 0.1) is 0 Å². The van der Waals surface area contributed by atoms with Crippen LogP contribution in [0.4, 0.5) is 0 Å². The maximum Gasteiger partial charge on any atom is 0.340 e. The molecule has 2 N–H and O–H groups in total. The van der Waals surface area contributed by atoms with Gasteiger partial charge in [-0.2, -0.15) is 0 Å². The number of esters is 1. The molecule has 0 fully saturated rings. The van der Waals surface area contributed by atoms with Gasteiger partial charge >= 0.3 is 5.97 Å². The normalized spacial score (nSPS) is 18.5. The van der Waals surface area contributed by atoms with Crippen LogP contribution in [-0.4, -0.2) is 18.4 Å².